The van der Waals surface area contributed by atoms with Crippen LogP contribution in [0.2, 0.25) is 0 Å². The van der Waals surface area contributed by atoms with Gasteiger partial charge in [0.25, 0.3) is 5.91 Å². The maximum Gasteiger partial charge on any atom is 0.253 e. The van der Waals surface area contributed by atoms with Gasteiger partial charge in [-0.25, -0.2) is 4.98 Å². The van der Waals surface area contributed by atoms with Gasteiger partial charge in [-0.15, -0.1) is 0 Å². The molecule has 0 spiro atoms. The Morgan fingerprint density at radius 2 is 2.04 bits per heavy atom. The SMILES string of the molecule is Cc1ccc(C(=O)NCc2ccnc(OC3CCCC3)c2)c(C)n1. The van der Waals surface area contributed by atoms with Gasteiger partial charge in [0.15, 0.2) is 0 Å². The standard InChI is InChI=1S/C19H23N3O2/c1-13-7-8-17(14(2)22-13)19(23)21-12-15-9-10-20-18(11-15)24-16-5-3-4-6-16/h7-11,16H,3-6,12H2,1-2H3,(H,21,23). The van der Waals surface area contributed by atoms with Gasteiger partial charge in [-0.3, -0.25) is 9.78 Å². The summed E-state index contributed by atoms with van der Waals surface area (Å²) in [6.45, 7) is 4.20. The van der Waals surface area contributed by atoms with Crippen LogP contribution in [-0.4, -0.2) is 22.0 Å². The van der Waals surface area contributed by atoms with E-state index in [9.17, 15) is 4.79 Å². The molecule has 1 amide bonds. The van der Waals surface area contributed by atoms with Crippen LogP contribution in [-0.2, 0) is 6.54 Å². The summed E-state index contributed by atoms with van der Waals surface area (Å²) in [6.07, 6.45) is 6.66. The number of amides is 1. The van der Waals surface area contributed by atoms with Crippen LogP contribution >= 0.6 is 0 Å². The molecule has 1 aliphatic carbocycles. The number of nitrogens with one attached hydrogen (secondary N) is 1. The number of nitrogens with zero attached hydrogens (tertiary/aromatic N) is 2. The Kier molecular flexibility index (Phi) is 5.08. The monoisotopic (exact) mass is 325 g/mol. The van der Waals surface area contributed by atoms with Crippen LogP contribution < -0.4 is 10.1 Å². The van der Waals surface area contributed by atoms with Crippen molar-refractivity contribution in [1.82, 2.24) is 15.3 Å². The first-order valence-corrected chi connectivity index (χ1v) is 8.46. The maximum atomic E-state index is 12.3. The lowest BCUT2D eigenvalue weighted by Gasteiger charge is -2.13. The largest absolute Gasteiger partial charge is 0.474 e. The van der Waals surface area contributed by atoms with Crippen LogP contribution in [0.1, 0.15) is 53.0 Å². The zero-order valence-electron chi connectivity index (χ0n) is 14.2. The number of aromatic nitrogens is 2. The molecular weight excluding hydrogens is 302 g/mol. The second-order valence-corrected chi connectivity index (χ2v) is 6.29. The molecule has 0 saturated heterocycles. The van der Waals surface area contributed by atoms with Crippen molar-refractivity contribution >= 4 is 5.91 Å². The molecule has 3 rings (SSSR count). The number of carbonyl (C=O) groups is 1. The molecule has 1 N–H and O–H groups in total. The lowest BCUT2D eigenvalue weighted by atomic mass is 10.1. The zero-order valence-corrected chi connectivity index (χ0v) is 14.2. The average Bonchev–Trinajstić information content (AvgIpc) is 3.06. The molecule has 2 aromatic heterocycles. The molecule has 5 nitrogen and oxygen atoms in total. The minimum Gasteiger partial charge on any atom is -0.474 e. The average molecular weight is 325 g/mol. The molecule has 0 aliphatic heterocycles. The predicted octanol–water partition coefficient (Wildman–Crippen LogP) is 3.34. The number of carbonyl (C=O) groups excluding carboxylic acids is 1. The van der Waals surface area contributed by atoms with E-state index in [1.165, 1.54) is 12.8 Å². The first kappa shape index (κ1) is 16.4. The third kappa shape index (κ3) is 4.10. The van der Waals surface area contributed by atoms with Gasteiger partial charge < -0.3 is 10.1 Å². The topological polar surface area (TPSA) is 64.1 Å². The van der Waals surface area contributed by atoms with Crippen LogP contribution in [0.4, 0.5) is 0 Å². The lowest BCUT2D eigenvalue weighted by molar-refractivity contribution is 0.0949. The van der Waals surface area contributed by atoms with E-state index < -0.39 is 0 Å². The summed E-state index contributed by atoms with van der Waals surface area (Å²) in [4.78, 5) is 20.9. The van der Waals surface area contributed by atoms with E-state index in [0.29, 0.717) is 18.0 Å². The molecule has 0 unspecified atom stereocenters. The first-order valence-electron chi connectivity index (χ1n) is 8.46. The van der Waals surface area contributed by atoms with Crippen molar-refractivity contribution in [2.75, 3.05) is 0 Å². The Balaban J connectivity index is 1.60. The number of hydrogen-bond acceptors (Lipinski definition) is 4. The summed E-state index contributed by atoms with van der Waals surface area (Å²) < 4.78 is 5.91. The van der Waals surface area contributed by atoms with Crippen molar-refractivity contribution in [1.29, 1.82) is 0 Å². The quantitative estimate of drug-likeness (QED) is 0.915. The third-order valence-electron chi connectivity index (χ3n) is 4.31. The van der Waals surface area contributed by atoms with Crippen LogP contribution in [0, 0.1) is 13.8 Å². The van der Waals surface area contributed by atoms with Crippen molar-refractivity contribution in [2.24, 2.45) is 0 Å². The van der Waals surface area contributed by atoms with E-state index in [1.807, 2.05) is 38.1 Å². The Labute approximate surface area is 142 Å². The van der Waals surface area contributed by atoms with Gasteiger partial charge in [0, 0.05) is 24.5 Å². The number of pyridine rings is 2. The van der Waals surface area contributed by atoms with E-state index in [2.05, 4.69) is 15.3 Å². The summed E-state index contributed by atoms with van der Waals surface area (Å²) in [7, 11) is 0. The molecule has 1 aliphatic rings. The summed E-state index contributed by atoms with van der Waals surface area (Å²) in [5.74, 6) is 0.525. The molecule has 2 heterocycles. The zero-order chi connectivity index (χ0) is 16.9. The van der Waals surface area contributed by atoms with Gasteiger partial charge >= 0.3 is 0 Å². The number of ether oxygens (including phenoxy) is 1. The highest BCUT2D eigenvalue weighted by molar-refractivity contribution is 5.95. The molecule has 126 valence electrons. The van der Waals surface area contributed by atoms with Gasteiger partial charge in [0.05, 0.1) is 11.3 Å². The van der Waals surface area contributed by atoms with E-state index in [1.54, 1.807) is 6.20 Å². The third-order valence-corrected chi connectivity index (χ3v) is 4.31. The molecular formula is C19H23N3O2. The summed E-state index contributed by atoms with van der Waals surface area (Å²) >= 11 is 0. The molecule has 0 radical (unpaired) electrons. The van der Waals surface area contributed by atoms with Crippen LogP contribution in [0.3, 0.4) is 0 Å². The number of rotatable bonds is 5. The van der Waals surface area contributed by atoms with Crippen molar-refractivity contribution in [3.63, 3.8) is 0 Å². The maximum absolute atomic E-state index is 12.3. The second-order valence-electron chi connectivity index (χ2n) is 6.29. The van der Waals surface area contributed by atoms with Crippen LogP contribution in [0.25, 0.3) is 0 Å². The molecule has 0 atom stereocenters. The normalized spacial score (nSPS) is 14.6. The summed E-state index contributed by atoms with van der Waals surface area (Å²) in [5, 5.41) is 2.93. The second kappa shape index (κ2) is 7.43. The smallest absolute Gasteiger partial charge is 0.253 e. The van der Waals surface area contributed by atoms with E-state index >= 15 is 0 Å². The van der Waals surface area contributed by atoms with Crippen molar-refractivity contribution in [2.45, 2.75) is 52.2 Å². The summed E-state index contributed by atoms with van der Waals surface area (Å²) in [5.41, 5.74) is 3.24. The van der Waals surface area contributed by atoms with Crippen LogP contribution in [0.15, 0.2) is 30.5 Å². The van der Waals surface area contributed by atoms with Gasteiger partial charge in [0.1, 0.15) is 6.10 Å². The fourth-order valence-electron chi connectivity index (χ4n) is 3.01. The number of aryl methyl sites for hydroxylation is 2. The number of hydrogen-bond donors (Lipinski definition) is 1. The minimum absolute atomic E-state index is 0.116. The van der Waals surface area contributed by atoms with Gasteiger partial charge in [-0.2, -0.15) is 0 Å². The highest BCUT2D eigenvalue weighted by Gasteiger charge is 2.17. The highest BCUT2D eigenvalue weighted by Crippen LogP contribution is 2.23. The molecule has 0 bridgehead atoms. The fraction of sp³-hybridized carbons (Fsp3) is 0.421. The van der Waals surface area contributed by atoms with Crippen LogP contribution in [0.5, 0.6) is 5.88 Å². The van der Waals surface area contributed by atoms with Gasteiger partial charge in [-0.1, -0.05) is 0 Å². The lowest BCUT2D eigenvalue weighted by Crippen LogP contribution is -2.24. The predicted molar refractivity (Wildman–Crippen MR) is 92.0 cm³/mol. The molecule has 5 heteroatoms. The van der Waals surface area contributed by atoms with Gasteiger partial charge in [-0.05, 0) is 63.3 Å². The molecule has 1 fully saturated rings. The molecule has 24 heavy (non-hydrogen) atoms. The molecule has 2 aromatic rings. The van der Waals surface area contributed by atoms with Crippen molar-refractivity contribution in [3.05, 3.63) is 53.0 Å². The minimum atomic E-state index is -0.116. The van der Waals surface area contributed by atoms with Crippen molar-refractivity contribution < 1.29 is 9.53 Å². The molecule has 1 saturated carbocycles. The van der Waals surface area contributed by atoms with Gasteiger partial charge in [0.2, 0.25) is 5.88 Å². The first-order chi connectivity index (χ1) is 11.6. The fourth-order valence-corrected chi connectivity index (χ4v) is 3.01. The Morgan fingerprint density at radius 3 is 2.79 bits per heavy atom. The van der Waals surface area contributed by atoms with E-state index in [4.69, 9.17) is 4.74 Å². The van der Waals surface area contributed by atoms with E-state index in [-0.39, 0.29) is 12.0 Å². The summed E-state index contributed by atoms with van der Waals surface area (Å²) in [6, 6.07) is 7.46. The Bertz CT molecular complexity index is 724. The molecule has 0 aromatic carbocycles. The van der Waals surface area contributed by atoms with Crippen molar-refractivity contribution in [3.8, 4) is 5.88 Å². The van der Waals surface area contributed by atoms with E-state index in [0.717, 1.165) is 29.8 Å². The Morgan fingerprint density at radius 1 is 1.25 bits per heavy atom. The highest BCUT2D eigenvalue weighted by atomic mass is 16.5. The Hall–Kier alpha value is -2.43.